The SMILES string of the molecule is COc1cccc(CN2CCC[C@@](O)(CNCC(N)=O)C2=O)c1. The second-order valence-corrected chi connectivity index (χ2v) is 5.78. The summed E-state index contributed by atoms with van der Waals surface area (Å²) in [7, 11) is 1.59. The quantitative estimate of drug-likeness (QED) is 0.635. The van der Waals surface area contributed by atoms with E-state index in [2.05, 4.69) is 5.32 Å². The van der Waals surface area contributed by atoms with Crippen LogP contribution in [0.2, 0.25) is 0 Å². The zero-order valence-electron chi connectivity index (χ0n) is 13.2. The van der Waals surface area contributed by atoms with Gasteiger partial charge in [0.05, 0.1) is 13.7 Å². The molecule has 7 heteroatoms. The average Bonchev–Trinajstić information content (AvgIpc) is 2.52. The first-order valence-electron chi connectivity index (χ1n) is 7.58. The number of methoxy groups -OCH3 is 1. The lowest BCUT2D eigenvalue weighted by atomic mass is 9.91. The van der Waals surface area contributed by atoms with Crippen molar-refractivity contribution in [1.29, 1.82) is 0 Å². The highest BCUT2D eigenvalue weighted by atomic mass is 16.5. The van der Waals surface area contributed by atoms with Crippen LogP contribution in [0.1, 0.15) is 18.4 Å². The number of carbonyl (C=O) groups is 2. The number of amides is 2. The van der Waals surface area contributed by atoms with E-state index in [-0.39, 0.29) is 19.0 Å². The van der Waals surface area contributed by atoms with Gasteiger partial charge in [-0.1, -0.05) is 12.1 Å². The van der Waals surface area contributed by atoms with Gasteiger partial charge in [-0.25, -0.2) is 0 Å². The van der Waals surface area contributed by atoms with Crippen LogP contribution >= 0.6 is 0 Å². The molecule has 0 aliphatic carbocycles. The van der Waals surface area contributed by atoms with Crippen molar-refractivity contribution in [3.63, 3.8) is 0 Å². The Bertz CT molecular complexity index is 578. The number of nitrogens with two attached hydrogens (primary N) is 1. The molecule has 1 aliphatic rings. The predicted octanol–water partition coefficient (Wildman–Crippen LogP) is -0.376. The van der Waals surface area contributed by atoms with Crippen molar-refractivity contribution in [2.75, 3.05) is 26.7 Å². The lowest BCUT2D eigenvalue weighted by Crippen LogP contribution is -2.58. The van der Waals surface area contributed by atoms with Crippen molar-refractivity contribution in [3.8, 4) is 5.75 Å². The monoisotopic (exact) mass is 321 g/mol. The Hall–Kier alpha value is -2.12. The molecule has 1 saturated heterocycles. The third-order valence-corrected chi connectivity index (χ3v) is 3.93. The van der Waals surface area contributed by atoms with E-state index in [0.29, 0.717) is 25.9 Å². The number of carbonyl (C=O) groups excluding carboxylic acids is 2. The number of ether oxygens (including phenoxy) is 1. The second-order valence-electron chi connectivity index (χ2n) is 5.78. The van der Waals surface area contributed by atoms with Crippen molar-refractivity contribution in [2.45, 2.75) is 25.0 Å². The van der Waals surface area contributed by atoms with Gasteiger partial charge in [0.25, 0.3) is 5.91 Å². The van der Waals surface area contributed by atoms with Gasteiger partial charge in [0.2, 0.25) is 5.91 Å². The Balaban J connectivity index is 2.02. The minimum atomic E-state index is -1.49. The molecular formula is C16H23N3O4. The van der Waals surface area contributed by atoms with Crippen LogP contribution in [0.4, 0.5) is 0 Å². The maximum absolute atomic E-state index is 12.6. The van der Waals surface area contributed by atoms with Crippen molar-refractivity contribution in [2.24, 2.45) is 5.73 Å². The van der Waals surface area contributed by atoms with E-state index in [1.165, 1.54) is 0 Å². The molecule has 1 aromatic rings. The molecule has 0 unspecified atom stereocenters. The molecule has 1 heterocycles. The molecule has 126 valence electrons. The number of likely N-dealkylation sites (tertiary alicyclic amines) is 1. The zero-order valence-corrected chi connectivity index (χ0v) is 13.2. The Kier molecular flexibility index (Phi) is 5.57. The van der Waals surface area contributed by atoms with Gasteiger partial charge in [0.1, 0.15) is 5.75 Å². The first kappa shape index (κ1) is 17.2. The largest absolute Gasteiger partial charge is 0.497 e. The number of hydrogen-bond donors (Lipinski definition) is 3. The van der Waals surface area contributed by atoms with Crippen molar-refractivity contribution in [1.82, 2.24) is 10.2 Å². The zero-order chi connectivity index (χ0) is 16.9. The lowest BCUT2D eigenvalue weighted by molar-refractivity contribution is -0.157. The van der Waals surface area contributed by atoms with Gasteiger partial charge in [-0.2, -0.15) is 0 Å². The van der Waals surface area contributed by atoms with Crippen LogP contribution in [0.15, 0.2) is 24.3 Å². The van der Waals surface area contributed by atoms with Crippen LogP contribution in [0.3, 0.4) is 0 Å². The summed E-state index contributed by atoms with van der Waals surface area (Å²) in [4.78, 5) is 25.0. The first-order chi connectivity index (χ1) is 10.9. The minimum absolute atomic E-state index is 0.0172. The average molecular weight is 321 g/mol. The van der Waals surface area contributed by atoms with Crippen LogP contribution in [0.5, 0.6) is 5.75 Å². The first-order valence-corrected chi connectivity index (χ1v) is 7.58. The fraction of sp³-hybridized carbons (Fsp3) is 0.500. The van der Waals surface area contributed by atoms with Gasteiger partial charge in [-0.05, 0) is 30.5 Å². The molecule has 0 aromatic heterocycles. The summed E-state index contributed by atoms with van der Waals surface area (Å²) in [6, 6.07) is 7.48. The maximum atomic E-state index is 12.6. The molecule has 1 aromatic carbocycles. The van der Waals surface area contributed by atoms with Crippen LogP contribution < -0.4 is 15.8 Å². The minimum Gasteiger partial charge on any atom is -0.497 e. The number of piperidine rings is 1. The smallest absolute Gasteiger partial charge is 0.256 e. The Morgan fingerprint density at radius 2 is 2.30 bits per heavy atom. The van der Waals surface area contributed by atoms with Gasteiger partial charge in [0.15, 0.2) is 5.60 Å². The summed E-state index contributed by atoms with van der Waals surface area (Å²) < 4.78 is 5.18. The maximum Gasteiger partial charge on any atom is 0.256 e. The van der Waals surface area contributed by atoms with E-state index in [1.807, 2.05) is 24.3 Å². The number of rotatable bonds is 7. The summed E-state index contributed by atoms with van der Waals surface area (Å²) in [6.07, 6.45) is 1.07. The molecule has 2 amide bonds. The Morgan fingerprint density at radius 3 is 3.00 bits per heavy atom. The van der Waals surface area contributed by atoms with Crippen molar-refractivity contribution < 1.29 is 19.4 Å². The van der Waals surface area contributed by atoms with E-state index in [0.717, 1.165) is 11.3 Å². The van der Waals surface area contributed by atoms with Gasteiger partial charge in [-0.3, -0.25) is 9.59 Å². The van der Waals surface area contributed by atoms with Crippen LogP contribution in [0, 0.1) is 0 Å². The molecule has 7 nitrogen and oxygen atoms in total. The van der Waals surface area contributed by atoms with Crippen LogP contribution in [-0.4, -0.2) is 54.2 Å². The summed E-state index contributed by atoms with van der Waals surface area (Å²) in [5.41, 5.74) is 4.50. The van der Waals surface area contributed by atoms with E-state index in [4.69, 9.17) is 10.5 Å². The van der Waals surface area contributed by atoms with E-state index in [1.54, 1.807) is 12.0 Å². The third kappa shape index (κ3) is 4.43. The van der Waals surface area contributed by atoms with Gasteiger partial charge >= 0.3 is 0 Å². The van der Waals surface area contributed by atoms with Crippen LogP contribution in [0.25, 0.3) is 0 Å². The molecule has 0 bridgehead atoms. The number of primary amides is 1. The molecular weight excluding hydrogens is 298 g/mol. The van der Waals surface area contributed by atoms with E-state index in [9.17, 15) is 14.7 Å². The molecule has 4 N–H and O–H groups in total. The fourth-order valence-electron chi connectivity index (χ4n) is 2.76. The summed E-state index contributed by atoms with van der Waals surface area (Å²) in [5.74, 6) is -0.126. The lowest BCUT2D eigenvalue weighted by Gasteiger charge is -2.38. The Morgan fingerprint density at radius 1 is 1.52 bits per heavy atom. The number of nitrogens with zero attached hydrogens (tertiary/aromatic N) is 1. The number of hydrogen-bond acceptors (Lipinski definition) is 5. The van der Waals surface area contributed by atoms with E-state index >= 15 is 0 Å². The normalized spacial score (nSPS) is 21.3. The second kappa shape index (κ2) is 7.43. The fourth-order valence-corrected chi connectivity index (χ4v) is 2.76. The van der Waals surface area contributed by atoms with Gasteiger partial charge in [-0.15, -0.1) is 0 Å². The van der Waals surface area contributed by atoms with Gasteiger partial charge in [0, 0.05) is 19.6 Å². The van der Waals surface area contributed by atoms with Crippen molar-refractivity contribution >= 4 is 11.8 Å². The predicted molar refractivity (Wildman–Crippen MR) is 84.7 cm³/mol. The molecule has 23 heavy (non-hydrogen) atoms. The van der Waals surface area contributed by atoms with Crippen molar-refractivity contribution in [3.05, 3.63) is 29.8 Å². The molecule has 0 radical (unpaired) electrons. The summed E-state index contributed by atoms with van der Waals surface area (Å²) >= 11 is 0. The standard InChI is InChI=1S/C16H23N3O4/c1-23-13-5-2-4-12(8-13)10-19-7-3-6-16(22,15(19)21)11-18-9-14(17)20/h2,4-5,8,18,22H,3,6-7,9-11H2,1H3,(H2,17,20)/t16-/m1/s1. The molecule has 1 fully saturated rings. The topological polar surface area (TPSA) is 105 Å². The highest BCUT2D eigenvalue weighted by Gasteiger charge is 2.41. The summed E-state index contributed by atoms with van der Waals surface area (Å²) in [6.45, 7) is 0.956. The Labute approximate surface area is 135 Å². The molecule has 0 saturated carbocycles. The number of nitrogens with one attached hydrogen (secondary N) is 1. The third-order valence-electron chi connectivity index (χ3n) is 3.93. The molecule has 2 rings (SSSR count). The highest BCUT2D eigenvalue weighted by molar-refractivity contribution is 5.86. The van der Waals surface area contributed by atoms with Crippen LogP contribution in [-0.2, 0) is 16.1 Å². The number of benzene rings is 1. The molecule has 1 aliphatic heterocycles. The molecule has 0 spiro atoms. The molecule has 1 atom stereocenters. The summed E-state index contributed by atoms with van der Waals surface area (Å²) in [5, 5.41) is 13.3. The number of aliphatic hydroxyl groups is 1. The van der Waals surface area contributed by atoms with E-state index < -0.39 is 11.5 Å². The highest BCUT2D eigenvalue weighted by Crippen LogP contribution is 2.24. The van der Waals surface area contributed by atoms with Gasteiger partial charge < -0.3 is 25.8 Å².